The number of nitrogens with zero attached hydrogens (tertiary/aromatic N) is 1. The van der Waals surface area contributed by atoms with Gasteiger partial charge in [-0.25, -0.2) is 0 Å². The third kappa shape index (κ3) is 7.10. The molecule has 0 atom stereocenters. The minimum Gasteiger partial charge on any atom is -0.323 e. The Morgan fingerprint density at radius 1 is 1.36 bits per heavy atom. The highest BCUT2D eigenvalue weighted by Crippen LogP contribution is 2.04. The topological polar surface area (TPSA) is 38.4 Å². The summed E-state index contributed by atoms with van der Waals surface area (Å²) in [5, 5.41) is 3.43. The molecule has 0 aliphatic carbocycles. The molecule has 2 N–H and O–H groups in total. The lowest BCUT2D eigenvalue weighted by Gasteiger charge is -2.01. The molecule has 0 aliphatic rings. The van der Waals surface area contributed by atoms with Crippen molar-refractivity contribution in [1.82, 2.24) is 0 Å². The molecule has 0 saturated carbocycles. The number of hydrogen-bond acceptors (Lipinski definition) is 2. The first kappa shape index (κ1) is 12.8. The molecule has 2 nitrogen and oxygen atoms in total. The Morgan fingerprint density at radius 2 is 1.82 bits per heavy atom. The second-order valence-corrected chi connectivity index (χ2v) is 2.22. The van der Waals surface area contributed by atoms with Crippen LogP contribution < -0.4 is 5.84 Å². The van der Waals surface area contributed by atoms with E-state index in [0.717, 1.165) is 0 Å². The van der Waals surface area contributed by atoms with E-state index in [1.165, 1.54) is 5.57 Å². The molecule has 0 spiro atoms. The van der Waals surface area contributed by atoms with Crippen LogP contribution in [0.3, 0.4) is 0 Å². The summed E-state index contributed by atoms with van der Waals surface area (Å²) in [6, 6.07) is 0. The maximum atomic E-state index is 4.97. The van der Waals surface area contributed by atoms with Gasteiger partial charge in [-0.05, 0) is 18.4 Å². The van der Waals surface area contributed by atoms with E-state index in [4.69, 9.17) is 5.84 Å². The van der Waals surface area contributed by atoms with E-state index in [1.54, 1.807) is 6.21 Å². The number of rotatable bonds is 2. The molecule has 0 aromatic rings. The molecule has 0 radical (unpaired) electrons. The van der Waals surface area contributed by atoms with E-state index in [9.17, 15) is 0 Å². The molecule has 0 unspecified atom stereocenters. The average molecular weight is 156 g/mol. The SMILES string of the molecule is C/C=C(\C=N/N)C(C)C.CC. The summed E-state index contributed by atoms with van der Waals surface area (Å²) >= 11 is 0. The highest BCUT2D eigenvalue weighted by atomic mass is 15.1. The van der Waals surface area contributed by atoms with Gasteiger partial charge in [0.1, 0.15) is 0 Å². The average Bonchev–Trinajstić information content (AvgIpc) is 2.03. The van der Waals surface area contributed by atoms with Crippen molar-refractivity contribution >= 4 is 6.21 Å². The fourth-order valence-corrected chi connectivity index (χ4v) is 0.643. The van der Waals surface area contributed by atoms with Crippen LogP contribution in [0.2, 0.25) is 0 Å². The Morgan fingerprint density at radius 3 is 1.91 bits per heavy atom. The maximum absolute atomic E-state index is 4.97. The zero-order valence-electron chi connectivity index (χ0n) is 8.26. The predicted octanol–water partition coefficient (Wildman–Crippen LogP) is 2.56. The van der Waals surface area contributed by atoms with Crippen molar-refractivity contribution in [3.8, 4) is 0 Å². The van der Waals surface area contributed by atoms with Crippen molar-refractivity contribution < 1.29 is 0 Å². The van der Waals surface area contributed by atoms with Crippen LogP contribution in [-0.4, -0.2) is 6.21 Å². The van der Waals surface area contributed by atoms with E-state index < -0.39 is 0 Å². The van der Waals surface area contributed by atoms with E-state index in [1.807, 2.05) is 26.8 Å². The van der Waals surface area contributed by atoms with Crippen LogP contribution in [0.25, 0.3) is 0 Å². The van der Waals surface area contributed by atoms with Crippen molar-refractivity contribution in [2.75, 3.05) is 0 Å². The molecule has 0 aromatic carbocycles. The summed E-state index contributed by atoms with van der Waals surface area (Å²) < 4.78 is 0. The highest BCUT2D eigenvalue weighted by Gasteiger charge is 1.95. The van der Waals surface area contributed by atoms with Gasteiger partial charge in [-0.2, -0.15) is 5.10 Å². The lowest BCUT2D eigenvalue weighted by molar-refractivity contribution is 0.804. The molecule has 2 heteroatoms. The minimum absolute atomic E-state index is 0.516. The first-order chi connectivity index (χ1) is 5.22. The summed E-state index contributed by atoms with van der Waals surface area (Å²) in [6.45, 7) is 10.2. The highest BCUT2D eigenvalue weighted by molar-refractivity contribution is 5.78. The van der Waals surface area contributed by atoms with Gasteiger partial charge in [-0.1, -0.05) is 33.8 Å². The van der Waals surface area contributed by atoms with Gasteiger partial charge in [0, 0.05) is 6.21 Å². The summed E-state index contributed by atoms with van der Waals surface area (Å²) in [5.41, 5.74) is 1.18. The summed E-state index contributed by atoms with van der Waals surface area (Å²) in [4.78, 5) is 0. The Labute approximate surface area is 70.2 Å². The van der Waals surface area contributed by atoms with E-state index in [0.29, 0.717) is 5.92 Å². The smallest absolute Gasteiger partial charge is 0.0496 e. The van der Waals surface area contributed by atoms with Crippen molar-refractivity contribution in [3.05, 3.63) is 11.6 Å². The zero-order valence-corrected chi connectivity index (χ0v) is 8.26. The summed E-state index contributed by atoms with van der Waals surface area (Å²) in [5.74, 6) is 5.49. The lowest BCUT2D eigenvalue weighted by Crippen LogP contribution is -1.96. The van der Waals surface area contributed by atoms with Gasteiger partial charge in [0.2, 0.25) is 0 Å². The molecule has 0 fully saturated rings. The molecule has 0 aliphatic heterocycles. The fraction of sp³-hybridized carbons (Fsp3) is 0.667. The predicted molar refractivity (Wildman–Crippen MR) is 52.6 cm³/mol. The van der Waals surface area contributed by atoms with Gasteiger partial charge < -0.3 is 5.84 Å². The van der Waals surface area contributed by atoms with Gasteiger partial charge in [-0.15, -0.1) is 0 Å². The second kappa shape index (κ2) is 9.21. The Bertz CT molecular complexity index is 124. The van der Waals surface area contributed by atoms with Gasteiger partial charge in [0.25, 0.3) is 0 Å². The van der Waals surface area contributed by atoms with E-state index >= 15 is 0 Å². The maximum Gasteiger partial charge on any atom is 0.0496 e. The Hall–Kier alpha value is -0.790. The first-order valence-corrected chi connectivity index (χ1v) is 4.11. The number of hydrazone groups is 1. The van der Waals surface area contributed by atoms with Crippen LogP contribution in [0.1, 0.15) is 34.6 Å². The standard InChI is InChI=1S/C7H14N2.C2H6/c1-4-7(5-9-8)6(2)3;1-2/h4-6H,8H2,1-3H3;1-2H3/b7-4+,9-5-;. The Balaban J connectivity index is 0. The van der Waals surface area contributed by atoms with Crippen LogP contribution in [0, 0.1) is 5.92 Å². The lowest BCUT2D eigenvalue weighted by atomic mass is 10.1. The van der Waals surface area contributed by atoms with Crippen LogP contribution in [-0.2, 0) is 0 Å². The molecule has 0 bridgehead atoms. The monoisotopic (exact) mass is 156 g/mol. The molecular formula is C9H20N2. The number of hydrogen-bond donors (Lipinski definition) is 1. The summed E-state index contributed by atoms with van der Waals surface area (Å²) in [6.07, 6.45) is 3.70. The van der Waals surface area contributed by atoms with Gasteiger partial charge in [0.05, 0.1) is 0 Å². The van der Waals surface area contributed by atoms with Crippen molar-refractivity contribution in [2.45, 2.75) is 34.6 Å². The van der Waals surface area contributed by atoms with E-state index in [-0.39, 0.29) is 0 Å². The quantitative estimate of drug-likeness (QED) is 0.372. The van der Waals surface area contributed by atoms with Crippen LogP contribution >= 0.6 is 0 Å². The molecule has 0 aromatic heterocycles. The second-order valence-electron chi connectivity index (χ2n) is 2.22. The van der Waals surface area contributed by atoms with Crippen LogP contribution in [0.15, 0.2) is 16.8 Å². The van der Waals surface area contributed by atoms with Crippen LogP contribution in [0.4, 0.5) is 0 Å². The number of allylic oxidation sites excluding steroid dienone is 2. The molecule has 0 saturated heterocycles. The zero-order chi connectivity index (χ0) is 9.28. The number of nitrogens with two attached hydrogens (primary N) is 1. The van der Waals surface area contributed by atoms with Crippen molar-refractivity contribution in [2.24, 2.45) is 16.9 Å². The van der Waals surface area contributed by atoms with Crippen molar-refractivity contribution in [3.63, 3.8) is 0 Å². The van der Waals surface area contributed by atoms with Crippen LogP contribution in [0.5, 0.6) is 0 Å². The fourth-order valence-electron chi connectivity index (χ4n) is 0.643. The largest absolute Gasteiger partial charge is 0.323 e. The first-order valence-electron chi connectivity index (χ1n) is 4.11. The third-order valence-corrected chi connectivity index (χ3v) is 1.22. The summed E-state index contributed by atoms with van der Waals surface area (Å²) in [7, 11) is 0. The molecule has 66 valence electrons. The molecular weight excluding hydrogens is 136 g/mol. The van der Waals surface area contributed by atoms with Gasteiger partial charge in [0.15, 0.2) is 0 Å². The molecule has 0 rings (SSSR count). The van der Waals surface area contributed by atoms with Gasteiger partial charge in [-0.3, -0.25) is 0 Å². The van der Waals surface area contributed by atoms with E-state index in [2.05, 4.69) is 18.9 Å². The third-order valence-electron chi connectivity index (χ3n) is 1.22. The normalized spacial score (nSPS) is 11.6. The molecule has 0 heterocycles. The van der Waals surface area contributed by atoms with Gasteiger partial charge >= 0.3 is 0 Å². The minimum atomic E-state index is 0.516. The molecule has 11 heavy (non-hydrogen) atoms. The Kier molecular flexibility index (Phi) is 10.8. The molecule has 0 amide bonds. The van der Waals surface area contributed by atoms with Crippen molar-refractivity contribution in [1.29, 1.82) is 0 Å².